The van der Waals surface area contributed by atoms with Gasteiger partial charge in [-0.15, -0.1) is 0 Å². The lowest BCUT2D eigenvalue weighted by Gasteiger charge is -2.30. The van der Waals surface area contributed by atoms with Crippen LogP contribution in [-0.2, 0) is 4.79 Å². The van der Waals surface area contributed by atoms with E-state index in [1.54, 1.807) is 0 Å². The molecular weight excluding hydrogens is 214 g/mol. The summed E-state index contributed by atoms with van der Waals surface area (Å²) < 4.78 is 0. The second-order valence-corrected chi connectivity index (χ2v) is 5.12. The van der Waals surface area contributed by atoms with E-state index < -0.39 is 5.97 Å². The number of hydrogen-bond acceptors (Lipinski definition) is 2. The van der Waals surface area contributed by atoms with Crippen molar-refractivity contribution in [2.75, 3.05) is 6.54 Å². The average molecular weight is 239 g/mol. The van der Waals surface area contributed by atoms with Gasteiger partial charge in [0.05, 0.1) is 0 Å². The zero-order valence-electron chi connectivity index (χ0n) is 11.0. The Balaban J connectivity index is 2.38. The van der Waals surface area contributed by atoms with Gasteiger partial charge in [-0.1, -0.05) is 31.8 Å². The van der Waals surface area contributed by atoms with Crippen molar-refractivity contribution in [3.05, 3.63) is 11.6 Å². The van der Waals surface area contributed by atoms with Gasteiger partial charge >= 0.3 is 5.97 Å². The van der Waals surface area contributed by atoms with Crippen molar-refractivity contribution < 1.29 is 9.90 Å². The molecule has 17 heavy (non-hydrogen) atoms. The summed E-state index contributed by atoms with van der Waals surface area (Å²) in [6.07, 6.45) is 9.16. The molecule has 0 aromatic carbocycles. The van der Waals surface area contributed by atoms with Crippen molar-refractivity contribution in [1.82, 2.24) is 5.32 Å². The maximum atomic E-state index is 10.5. The molecule has 1 atom stereocenters. The Morgan fingerprint density at radius 1 is 1.41 bits per heavy atom. The maximum Gasteiger partial charge on any atom is 0.328 e. The molecule has 1 rings (SSSR count). The zero-order valence-corrected chi connectivity index (χ0v) is 11.0. The van der Waals surface area contributed by atoms with Crippen LogP contribution >= 0.6 is 0 Å². The minimum Gasteiger partial charge on any atom is -0.478 e. The third kappa shape index (κ3) is 5.35. The Morgan fingerprint density at radius 2 is 2.06 bits per heavy atom. The van der Waals surface area contributed by atoms with Crippen molar-refractivity contribution in [3.63, 3.8) is 0 Å². The third-order valence-electron chi connectivity index (χ3n) is 3.67. The molecule has 3 nitrogen and oxygen atoms in total. The highest BCUT2D eigenvalue weighted by molar-refractivity contribution is 5.80. The third-order valence-corrected chi connectivity index (χ3v) is 3.67. The normalized spacial score (nSPS) is 20.2. The van der Waals surface area contributed by atoms with E-state index in [9.17, 15) is 4.79 Å². The summed E-state index contributed by atoms with van der Waals surface area (Å²) in [6.45, 7) is 4.78. The summed E-state index contributed by atoms with van der Waals surface area (Å²) in [5.74, 6) is -0.0682. The Bertz CT molecular complexity index is 267. The number of carboxylic acids is 1. The fraction of sp³-hybridized carbons (Fsp3) is 0.786. The standard InChI is InChI=1S/C14H25NO2/c1-3-13(12-7-5-4-6-8-12)15-10-11(2)9-14(16)17/h9,12-13,15H,3-8,10H2,1-2H3,(H,16,17). The van der Waals surface area contributed by atoms with Gasteiger partial charge in [-0.05, 0) is 32.1 Å². The quantitative estimate of drug-likeness (QED) is 0.701. The van der Waals surface area contributed by atoms with Crippen LogP contribution in [0.2, 0.25) is 0 Å². The SMILES string of the molecule is CCC(NCC(C)=CC(=O)O)C1CCCCC1. The molecule has 1 fully saturated rings. The molecule has 0 bridgehead atoms. The van der Waals surface area contributed by atoms with Crippen LogP contribution in [0.25, 0.3) is 0 Å². The summed E-state index contributed by atoms with van der Waals surface area (Å²) >= 11 is 0. The highest BCUT2D eigenvalue weighted by Gasteiger charge is 2.21. The molecule has 0 aliphatic heterocycles. The number of rotatable bonds is 6. The van der Waals surface area contributed by atoms with Gasteiger partial charge in [-0.2, -0.15) is 0 Å². The van der Waals surface area contributed by atoms with Crippen molar-refractivity contribution in [3.8, 4) is 0 Å². The molecule has 98 valence electrons. The fourth-order valence-electron chi connectivity index (χ4n) is 2.73. The predicted molar refractivity (Wildman–Crippen MR) is 70.0 cm³/mol. The van der Waals surface area contributed by atoms with Crippen molar-refractivity contribution >= 4 is 5.97 Å². The molecule has 1 aliphatic rings. The minimum atomic E-state index is -0.852. The first-order valence-corrected chi connectivity index (χ1v) is 6.77. The first-order valence-electron chi connectivity index (χ1n) is 6.77. The molecule has 0 saturated heterocycles. The summed E-state index contributed by atoms with van der Waals surface area (Å²) in [5.41, 5.74) is 0.895. The van der Waals surface area contributed by atoms with Crippen LogP contribution in [-0.4, -0.2) is 23.7 Å². The lowest BCUT2D eigenvalue weighted by Crippen LogP contribution is -2.37. The summed E-state index contributed by atoms with van der Waals surface area (Å²) in [5, 5.41) is 12.2. The van der Waals surface area contributed by atoms with Crippen molar-refractivity contribution in [1.29, 1.82) is 0 Å². The number of carbonyl (C=O) groups is 1. The zero-order chi connectivity index (χ0) is 12.7. The Labute approximate surface area is 104 Å². The molecular formula is C14H25NO2. The van der Waals surface area contributed by atoms with Crippen LogP contribution in [0.5, 0.6) is 0 Å². The summed E-state index contributed by atoms with van der Waals surface area (Å²) in [4.78, 5) is 10.5. The van der Waals surface area contributed by atoms with E-state index in [0.29, 0.717) is 12.6 Å². The molecule has 0 heterocycles. The number of carboxylic acid groups (broad SMARTS) is 1. The molecule has 0 aromatic rings. The highest BCUT2D eigenvalue weighted by Crippen LogP contribution is 2.27. The summed E-state index contributed by atoms with van der Waals surface area (Å²) in [6, 6.07) is 0.549. The van der Waals surface area contributed by atoms with Gasteiger partial charge in [-0.3, -0.25) is 0 Å². The average Bonchev–Trinajstić information content (AvgIpc) is 2.30. The number of aliphatic carboxylic acids is 1. The van der Waals surface area contributed by atoms with Gasteiger partial charge in [0.2, 0.25) is 0 Å². The Kier molecular flexibility index (Phi) is 6.27. The fourth-order valence-corrected chi connectivity index (χ4v) is 2.73. The van der Waals surface area contributed by atoms with Crippen LogP contribution < -0.4 is 5.32 Å². The van der Waals surface area contributed by atoms with Crippen LogP contribution in [0.1, 0.15) is 52.4 Å². The van der Waals surface area contributed by atoms with Gasteiger partial charge in [0, 0.05) is 18.7 Å². The molecule has 1 saturated carbocycles. The smallest absolute Gasteiger partial charge is 0.328 e. The maximum absolute atomic E-state index is 10.5. The van der Waals surface area contributed by atoms with Gasteiger partial charge in [0.25, 0.3) is 0 Å². The van der Waals surface area contributed by atoms with E-state index in [0.717, 1.165) is 17.9 Å². The lowest BCUT2D eigenvalue weighted by atomic mass is 9.83. The topological polar surface area (TPSA) is 49.3 Å². The van der Waals surface area contributed by atoms with Crippen LogP contribution in [0, 0.1) is 5.92 Å². The van der Waals surface area contributed by atoms with Crippen molar-refractivity contribution in [2.45, 2.75) is 58.4 Å². The van der Waals surface area contributed by atoms with E-state index in [-0.39, 0.29) is 0 Å². The molecule has 0 aromatic heterocycles. The second kappa shape index (κ2) is 7.49. The van der Waals surface area contributed by atoms with E-state index in [4.69, 9.17) is 5.11 Å². The van der Waals surface area contributed by atoms with Gasteiger partial charge in [0.1, 0.15) is 0 Å². The molecule has 0 spiro atoms. The van der Waals surface area contributed by atoms with Gasteiger partial charge < -0.3 is 10.4 Å². The first kappa shape index (κ1) is 14.2. The van der Waals surface area contributed by atoms with E-state index in [1.807, 2.05) is 6.92 Å². The Hall–Kier alpha value is -0.830. The van der Waals surface area contributed by atoms with E-state index in [1.165, 1.54) is 38.2 Å². The molecule has 2 N–H and O–H groups in total. The van der Waals surface area contributed by atoms with E-state index in [2.05, 4.69) is 12.2 Å². The minimum absolute atomic E-state index is 0.549. The number of hydrogen-bond donors (Lipinski definition) is 2. The van der Waals surface area contributed by atoms with Crippen LogP contribution in [0.15, 0.2) is 11.6 Å². The van der Waals surface area contributed by atoms with Crippen molar-refractivity contribution in [2.24, 2.45) is 5.92 Å². The molecule has 0 radical (unpaired) electrons. The molecule has 1 aliphatic carbocycles. The Morgan fingerprint density at radius 3 is 2.59 bits per heavy atom. The molecule has 0 amide bonds. The highest BCUT2D eigenvalue weighted by atomic mass is 16.4. The lowest BCUT2D eigenvalue weighted by molar-refractivity contribution is -0.131. The predicted octanol–water partition coefficient (Wildman–Crippen LogP) is 2.97. The molecule has 3 heteroatoms. The van der Waals surface area contributed by atoms with E-state index >= 15 is 0 Å². The largest absolute Gasteiger partial charge is 0.478 e. The van der Waals surface area contributed by atoms with Crippen LogP contribution in [0.3, 0.4) is 0 Å². The van der Waals surface area contributed by atoms with Crippen LogP contribution in [0.4, 0.5) is 0 Å². The second-order valence-electron chi connectivity index (χ2n) is 5.12. The first-order chi connectivity index (χ1) is 8.13. The molecule has 1 unspecified atom stereocenters. The summed E-state index contributed by atoms with van der Waals surface area (Å²) in [7, 11) is 0. The van der Waals surface area contributed by atoms with Gasteiger partial charge in [0.15, 0.2) is 0 Å². The monoisotopic (exact) mass is 239 g/mol. The number of nitrogens with one attached hydrogen (secondary N) is 1. The van der Waals surface area contributed by atoms with Gasteiger partial charge in [-0.25, -0.2) is 4.79 Å².